The molecule has 2 aromatic rings. The highest BCUT2D eigenvalue weighted by Crippen LogP contribution is 2.18. The standard InChI is InChI=1S/C16H19BrN2O3/c1-19(2)14(15-7-4-8-21-15)10-18-16(20)11-22-13-6-3-5-12(17)9-13/h3-9,14H,10-11H2,1-2H3,(H,18,20). The first-order valence-corrected chi connectivity index (χ1v) is 7.70. The number of nitrogens with one attached hydrogen (secondary N) is 1. The Morgan fingerprint density at radius 1 is 1.36 bits per heavy atom. The monoisotopic (exact) mass is 366 g/mol. The van der Waals surface area contributed by atoms with Crippen molar-refractivity contribution in [3.8, 4) is 5.75 Å². The summed E-state index contributed by atoms with van der Waals surface area (Å²) in [4.78, 5) is 13.9. The van der Waals surface area contributed by atoms with Crippen molar-refractivity contribution in [2.45, 2.75) is 6.04 Å². The number of hydrogen-bond acceptors (Lipinski definition) is 4. The Labute approximate surface area is 138 Å². The van der Waals surface area contributed by atoms with Crippen molar-refractivity contribution >= 4 is 21.8 Å². The quantitative estimate of drug-likeness (QED) is 0.818. The second-order valence-electron chi connectivity index (χ2n) is 5.04. The van der Waals surface area contributed by atoms with Crippen LogP contribution in [-0.4, -0.2) is 38.1 Å². The molecular formula is C16H19BrN2O3. The SMILES string of the molecule is CN(C)C(CNC(=O)COc1cccc(Br)c1)c1ccco1. The van der Waals surface area contributed by atoms with E-state index in [-0.39, 0.29) is 18.6 Å². The van der Waals surface area contributed by atoms with Crippen LogP contribution in [0.5, 0.6) is 5.75 Å². The molecule has 0 saturated heterocycles. The summed E-state index contributed by atoms with van der Waals surface area (Å²) in [6.07, 6.45) is 1.63. The first-order chi connectivity index (χ1) is 10.6. The van der Waals surface area contributed by atoms with Gasteiger partial charge in [-0.15, -0.1) is 0 Å². The van der Waals surface area contributed by atoms with E-state index in [9.17, 15) is 4.79 Å². The zero-order chi connectivity index (χ0) is 15.9. The van der Waals surface area contributed by atoms with Crippen molar-refractivity contribution < 1.29 is 13.9 Å². The number of rotatable bonds is 7. The maximum absolute atomic E-state index is 11.9. The number of carbonyl (C=O) groups is 1. The molecule has 0 aliphatic carbocycles. The first kappa shape index (κ1) is 16.6. The molecule has 2 rings (SSSR count). The van der Waals surface area contributed by atoms with Gasteiger partial charge in [0.1, 0.15) is 11.5 Å². The molecule has 1 amide bonds. The third kappa shape index (κ3) is 4.89. The van der Waals surface area contributed by atoms with E-state index in [1.54, 1.807) is 6.26 Å². The molecule has 5 nitrogen and oxygen atoms in total. The molecule has 0 spiro atoms. The molecule has 0 aliphatic heterocycles. The Morgan fingerprint density at radius 2 is 2.18 bits per heavy atom. The van der Waals surface area contributed by atoms with Crippen molar-refractivity contribution in [1.29, 1.82) is 0 Å². The molecule has 0 aliphatic rings. The molecule has 0 fully saturated rings. The van der Waals surface area contributed by atoms with E-state index in [1.165, 1.54) is 0 Å². The predicted molar refractivity (Wildman–Crippen MR) is 87.8 cm³/mol. The fourth-order valence-electron chi connectivity index (χ4n) is 1.99. The average Bonchev–Trinajstić information content (AvgIpc) is 2.99. The van der Waals surface area contributed by atoms with Crippen LogP contribution in [0.1, 0.15) is 11.8 Å². The van der Waals surface area contributed by atoms with Gasteiger partial charge in [0, 0.05) is 11.0 Å². The zero-order valence-corrected chi connectivity index (χ0v) is 14.2. The minimum atomic E-state index is -0.168. The van der Waals surface area contributed by atoms with Gasteiger partial charge in [-0.05, 0) is 44.4 Å². The van der Waals surface area contributed by atoms with E-state index >= 15 is 0 Å². The number of amides is 1. The minimum absolute atomic E-state index is 0.00943. The van der Waals surface area contributed by atoms with Crippen LogP contribution in [-0.2, 0) is 4.79 Å². The molecule has 1 heterocycles. The maximum Gasteiger partial charge on any atom is 0.258 e. The van der Waals surface area contributed by atoms with E-state index in [2.05, 4.69) is 21.2 Å². The highest BCUT2D eigenvalue weighted by molar-refractivity contribution is 9.10. The molecule has 6 heteroatoms. The number of benzene rings is 1. The van der Waals surface area contributed by atoms with Crippen LogP contribution in [0.15, 0.2) is 51.6 Å². The van der Waals surface area contributed by atoms with Crippen LogP contribution in [0, 0.1) is 0 Å². The Hall–Kier alpha value is -1.79. The van der Waals surface area contributed by atoms with Gasteiger partial charge in [0.15, 0.2) is 6.61 Å². The van der Waals surface area contributed by atoms with Crippen molar-refractivity contribution in [1.82, 2.24) is 10.2 Å². The number of furan rings is 1. The first-order valence-electron chi connectivity index (χ1n) is 6.91. The number of likely N-dealkylation sites (N-methyl/N-ethyl adjacent to an activating group) is 1. The lowest BCUT2D eigenvalue weighted by atomic mass is 10.2. The molecule has 1 aromatic heterocycles. The molecule has 22 heavy (non-hydrogen) atoms. The Bertz CT molecular complexity index is 599. The Kier molecular flexibility index (Phi) is 6.03. The summed E-state index contributed by atoms with van der Waals surface area (Å²) in [6.45, 7) is 0.440. The number of hydrogen-bond donors (Lipinski definition) is 1. The molecular weight excluding hydrogens is 348 g/mol. The lowest BCUT2D eigenvalue weighted by Gasteiger charge is -2.22. The van der Waals surface area contributed by atoms with Gasteiger partial charge in [-0.1, -0.05) is 22.0 Å². The Balaban J connectivity index is 1.81. The topological polar surface area (TPSA) is 54.7 Å². The normalized spacial score (nSPS) is 12.2. The number of ether oxygens (including phenoxy) is 1. The smallest absolute Gasteiger partial charge is 0.258 e. The number of halogens is 1. The van der Waals surface area contributed by atoms with E-state index in [1.807, 2.05) is 55.4 Å². The lowest BCUT2D eigenvalue weighted by Crippen LogP contribution is -2.36. The zero-order valence-electron chi connectivity index (χ0n) is 12.6. The lowest BCUT2D eigenvalue weighted by molar-refractivity contribution is -0.123. The number of nitrogens with zero attached hydrogens (tertiary/aromatic N) is 1. The van der Waals surface area contributed by atoms with E-state index in [4.69, 9.17) is 9.15 Å². The fraction of sp³-hybridized carbons (Fsp3) is 0.312. The van der Waals surface area contributed by atoms with E-state index in [0.717, 1.165) is 10.2 Å². The van der Waals surface area contributed by atoms with Crippen LogP contribution in [0.3, 0.4) is 0 Å². The largest absolute Gasteiger partial charge is 0.484 e. The van der Waals surface area contributed by atoms with Crippen LogP contribution in [0.25, 0.3) is 0 Å². The third-order valence-electron chi connectivity index (χ3n) is 3.15. The summed E-state index contributed by atoms with van der Waals surface area (Å²) < 4.78 is 11.8. The predicted octanol–water partition coefficient (Wildman–Crippen LogP) is 2.84. The summed E-state index contributed by atoms with van der Waals surface area (Å²) in [5.41, 5.74) is 0. The summed E-state index contributed by atoms with van der Waals surface area (Å²) in [6, 6.07) is 11.1. The van der Waals surface area contributed by atoms with Gasteiger partial charge in [-0.2, -0.15) is 0 Å². The van der Waals surface area contributed by atoms with E-state index < -0.39 is 0 Å². The second kappa shape index (κ2) is 8.00. The molecule has 1 unspecified atom stereocenters. The van der Waals surface area contributed by atoms with Gasteiger partial charge in [-0.25, -0.2) is 0 Å². The van der Waals surface area contributed by atoms with Crippen molar-refractivity contribution in [2.75, 3.05) is 27.2 Å². The molecule has 0 bridgehead atoms. The molecule has 1 N–H and O–H groups in total. The van der Waals surface area contributed by atoms with Crippen molar-refractivity contribution in [3.05, 3.63) is 52.9 Å². The van der Waals surface area contributed by atoms with Crippen LogP contribution >= 0.6 is 15.9 Å². The third-order valence-corrected chi connectivity index (χ3v) is 3.65. The van der Waals surface area contributed by atoms with Gasteiger partial charge < -0.3 is 14.5 Å². The number of carbonyl (C=O) groups excluding carboxylic acids is 1. The highest BCUT2D eigenvalue weighted by Gasteiger charge is 2.17. The van der Waals surface area contributed by atoms with Gasteiger partial charge in [0.05, 0.1) is 12.3 Å². The van der Waals surface area contributed by atoms with Gasteiger partial charge in [-0.3, -0.25) is 9.69 Å². The maximum atomic E-state index is 11.9. The second-order valence-corrected chi connectivity index (χ2v) is 5.96. The highest BCUT2D eigenvalue weighted by atomic mass is 79.9. The van der Waals surface area contributed by atoms with Crippen molar-refractivity contribution in [3.63, 3.8) is 0 Å². The van der Waals surface area contributed by atoms with Crippen LogP contribution in [0.2, 0.25) is 0 Å². The molecule has 118 valence electrons. The van der Waals surface area contributed by atoms with E-state index in [0.29, 0.717) is 12.3 Å². The molecule has 0 radical (unpaired) electrons. The van der Waals surface area contributed by atoms with Gasteiger partial charge in [0.25, 0.3) is 5.91 Å². The molecule has 0 saturated carbocycles. The van der Waals surface area contributed by atoms with Crippen molar-refractivity contribution in [2.24, 2.45) is 0 Å². The summed E-state index contributed by atoms with van der Waals surface area (Å²) >= 11 is 3.36. The summed E-state index contributed by atoms with van der Waals surface area (Å²) in [5, 5.41) is 2.86. The summed E-state index contributed by atoms with van der Waals surface area (Å²) in [7, 11) is 3.88. The Morgan fingerprint density at radius 3 is 2.82 bits per heavy atom. The average molecular weight is 367 g/mol. The summed E-state index contributed by atoms with van der Waals surface area (Å²) in [5.74, 6) is 1.30. The molecule has 1 aromatic carbocycles. The van der Waals surface area contributed by atoms with Gasteiger partial charge >= 0.3 is 0 Å². The fourth-order valence-corrected chi connectivity index (χ4v) is 2.36. The minimum Gasteiger partial charge on any atom is -0.484 e. The van der Waals surface area contributed by atoms with Gasteiger partial charge in [0.2, 0.25) is 0 Å². The van der Waals surface area contributed by atoms with Crippen LogP contribution in [0.4, 0.5) is 0 Å². The van der Waals surface area contributed by atoms with Crippen LogP contribution < -0.4 is 10.1 Å². The molecule has 1 atom stereocenters.